The molecule has 1 heterocycles. The first kappa shape index (κ1) is 18.5. The van der Waals surface area contributed by atoms with E-state index in [0.717, 1.165) is 0 Å². The molecular formula is C15H19N5O4S. The van der Waals surface area contributed by atoms with Crippen LogP contribution in [0.25, 0.3) is 0 Å². The lowest BCUT2D eigenvalue weighted by molar-refractivity contribution is -0.114. The van der Waals surface area contributed by atoms with Gasteiger partial charge in [0.25, 0.3) is 10.0 Å². The minimum Gasteiger partial charge on any atom is -0.467 e. The van der Waals surface area contributed by atoms with Crippen LogP contribution in [0.15, 0.2) is 35.4 Å². The number of amides is 1. The minimum absolute atomic E-state index is 0.0436. The average molecular weight is 365 g/mol. The first-order valence-electron chi connectivity index (χ1n) is 7.22. The number of benzene rings is 1. The van der Waals surface area contributed by atoms with Crippen LogP contribution in [-0.4, -0.2) is 45.5 Å². The Balaban J connectivity index is 2.31. The van der Waals surface area contributed by atoms with E-state index in [0.29, 0.717) is 11.5 Å². The number of carbonyl (C=O) groups excluding carboxylic acids is 1. The van der Waals surface area contributed by atoms with Gasteiger partial charge in [-0.3, -0.25) is 9.52 Å². The van der Waals surface area contributed by atoms with Crippen molar-refractivity contribution < 1.29 is 17.9 Å². The lowest BCUT2D eigenvalue weighted by atomic mass is 10.3. The molecule has 0 aliphatic rings. The Labute approximate surface area is 146 Å². The molecule has 0 radical (unpaired) electrons. The topological polar surface area (TPSA) is 114 Å². The van der Waals surface area contributed by atoms with Gasteiger partial charge in [-0.1, -0.05) is 0 Å². The highest BCUT2D eigenvalue weighted by atomic mass is 32.2. The summed E-state index contributed by atoms with van der Waals surface area (Å²) in [5.41, 5.74) is 0.727. The van der Waals surface area contributed by atoms with Gasteiger partial charge in [0.1, 0.15) is 5.69 Å². The summed E-state index contributed by atoms with van der Waals surface area (Å²) < 4.78 is 32.5. The number of rotatable bonds is 6. The van der Waals surface area contributed by atoms with Crippen LogP contribution in [-0.2, 0) is 14.8 Å². The number of carbonyl (C=O) groups is 1. The van der Waals surface area contributed by atoms with Gasteiger partial charge >= 0.3 is 6.01 Å². The molecule has 2 N–H and O–H groups in total. The monoisotopic (exact) mass is 365 g/mol. The fraction of sp³-hybridized carbons (Fsp3) is 0.267. The number of hydrogen-bond donors (Lipinski definition) is 2. The van der Waals surface area contributed by atoms with Crippen LogP contribution >= 0.6 is 0 Å². The highest BCUT2D eigenvalue weighted by molar-refractivity contribution is 7.92. The first-order valence-corrected chi connectivity index (χ1v) is 8.70. The van der Waals surface area contributed by atoms with E-state index in [-0.39, 0.29) is 22.5 Å². The minimum atomic E-state index is -3.84. The zero-order valence-corrected chi connectivity index (χ0v) is 15.1. The predicted octanol–water partition coefficient (Wildman–Crippen LogP) is 1.31. The summed E-state index contributed by atoms with van der Waals surface area (Å²) in [6.45, 7) is 1.37. The standard InChI is InChI=1S/C15H19N5O4S/c1-10(21)17-11-5-7-12(8-6-11)25(22,23)19-13-9-16-15(24-4)18-14(13)20(2)3/h5-9,19H,1-4H3,(H,17,21). The summed E-state index contributed by atoms with van der Waals surface area (Å²) in [4.78, 5) is 20.8. The maximum absolute atomic E-state index is 12.6. The number of aromatic nitrogens is 2. The molecule has 0 saturated carbocycles. The van der Waals surface area contributed by atoms with Gasteiger partial charge < -0.3 is 15.0 Å². The van der Waals surface area contributed by atoms with Crippen molar-refractivity contribution in [1.82, 2.24) is 9.97 Å². The molecule has 1 amide bonds. The second-order valence-corrected chi connectivity index (χ2v) is 6.98. The molecule has 0 aliphatic carbocycles. The van der Waals surface area contributed by atoms with E-state index in [1.54, 1.807) is 19.0 Å². The van der Waals surface area contributed by atoms with E-state index in [9.17, 15) is 13.2 Å². The number of nitrogens with one attached hydrogen (secondary N) is 2. The molecule has 10 heteroatoms. The summed E-state index contributed by atoms with van der Waals surface area (Å²) in [5.74, 6) is 0.130. The number of hydrogen-bond acceptors (Lipinski definition) is 7. The predicted molar refractivity (Wildman–Crippen MR) is 94.5 cm³/mol. The van der Waals surface area contributed by atoms with Crippen molar-refractivity contribution in [2.24, 2.45) is 0 Å². The fourth-order valence-electron chi connectivity index (χ4n) is 1.99. The molecule has 1 aromatic carbocycles. The fourth-order valence-corrected chi connectivity index (χ4v) is 3.04. The molecular weight excluding hydrogens is 346 g/mol. The van der Waals surface area contributed by atoms with Crippen molar-refractivity contribution in [3.63, 3.8) is 0 Å². The normalized spacial score (nSPS) is 10.9. The van der Waals surface area contributed by atoms with Gasteiger partial charge in [-0.15, -0.1) is 0 Å². The van der Waals surface area contributed by atoms with E-state index >= 15 is 0 Å². The molecule has 1 aromatic heterocycles. The van der Waals surface area contributed by atoms with Crippen molar-refractivity contribution >= 4 is 33.1 Å². The summed E-state index contributed by atoms with van der Waals surface area (Å²) in [6.07, 6.45) is 1.34. The van der Waals surface area contributed by atoms with E-state index < -0.39 is 10.0 Å². The molecule has 0 spiro atoms. The Bertz CT molecular complexity index is 866. The molecule has 2 rings (SSSR count). The van der Waals surface area contributed by atoms with Crippen LogP contribution in [0.5, 0.6) is 6.01 Å². The molecule has 0 bridgehead atoms. The average Bonchev–Trinajstić information content (AvgIpc) is 2.54. The smallest absolute Gasteiger partial charge is 0.318 e. The Kier molecular flexibility index (Phi) is 5.42. The van der Waals surface area contributed by atoms with Crippen molar-refractivity contribution in [3.05, 3.63) is 30.5 Å². The Morgan fingerprint density at radius 2 is 1.84 bits per heavy atom. The van der Waals surface area contributed by atoms with Crippen LogP contribution in [0, 0.1) is 0 Å². The number of sulfonamides is 1. The van der Waals surface area contributed by atoms with E-state index in [1.165, 1.54) is 44.5 Å². The highest BCUT2D eigenvalue weighted by Crippen LogP contribution is 2.26. The van der Waals surface area contributed by atoms with Gasteiger partial charge in [0.2, 0.25) is 5.91 Å². The van der Waals surface area contributed by atoms with Gasteiger partial charge in [-0.25, -0.2) is 13.4 Å². The quantitative estimate of drug-likeness (QED) is 0.793. The molecule has 25 heavy (non-hydrogen) atoms. The van der Waals surface area contributed by atoms with Crippen LogP contribution in [0.2, 0.25) is 0 Å². The molecule has 0 saturated heterocycles. The zero-order chi connectivity index (χ0) is 18.6. The van der Waals surface area contributed by atoms with Crippen molar-refractivity contribution in [3.8, 4) is 6.01 Å². The highest BCUT2D eigenvalue weighted by Gasteiger charge is 2.19. The summed E-state index contributed by atoms with van der Waals surface area (Å²) in [5, 5.41) is 2.58. The van der Waals surface area contributed by atoms with Gasteiger partial charge in [-0.05, 0) is 24.3 Å². The number of methoxy groups -OCH3 is 1. The molecule has 0 aliphatic heterocycles. The van der Waals surface area contributed by atoms with Gasteiger partial charge in [-0.2, -0.15) is 4.98 Å². The van der Waals surface area contributed by atoms with Gasteiger partial charge in [0, 0.05) is 26.7 Å². The number of ether oxygens (including phenoxy) is 1. The molecule has 2 aromatic rings. The lowest BCUT2D eigenvalue weighted by Gasteiger charge is -2.17. The van der Waals surface area contributed by atoms with Crippen molar-refractivity contribution in [1.29, 1.82) is 0 Å². The summed E-state index contributed by atoms with van der Waals surface area (Å²) in [6, 6.07) is 5.94. The third-order valence-electron chi connectivity index (χ3n) is 3.08. The Hall–Kier alpha value is -2.88. The van der Waals surface area contributed by atoms with Gasteiger partial charge in [0.05, 0.1) is 18.2 Å². The zero-order valence-electron chi connectivity index (χ0n) is 14.3. The Morgan fingerprint density at radius 3 is 2.36 bits per heavy atom. The molecule has 0 atom stereocenters. The van der Waals surface area contributed by atoms with Crippen LogP contribution in [0.3, 0.4) is 0 Å². The van der Waals surface area contributed by atoms with Crippen molar-refractivity contribution in [2.45, 2.75) is 11.8 Å². The summed E-state index contributed by atoms with van der Waals surface area (Å²) >= 11 is 0. The van der Waals surface area contributed by atoms with E-state index in [2.05, 4.69) is 20.0 Å². The maximum atomic E-state index is 12.6. The third-order valence-corrected chi connectivity index (χ3v) is 4.46. The van der Waals surface area contributed by atoms with Crippen molar-refractivity contribution in [2.75, 3.05) is 36.1 Å². The second kappa shape index (κ2) is 7.34. The molecule has 9 nitrogen and oxygen atoms in total. The summed E-state index contributed by atoms with van der Waals surface area (Å²) in [7, 11) is 1.03. The molecule has 0 fully saturated rings. The van der Waals surface area contributed by atoms with E-state index in [1.807, 2.05) is 0 Å². The van der Waals surface area contributed by atoms with Crippen LogP contribution in [0.1, 0.15) is 6.92 Å². The number of nitrogens with zero attached hydrogens (tertiary/aromatic N) is 3. The third kappa shape index (κ3) is 4.57. The van der Waals surface area contributed by atoms with Crippen LogP contribution < -0.4 is 19.7 Å². The molecule has 0 unspecified atom stereocenters. The first-order chi connectivity index (χ1) is 11.7. The molecule has 134 valence electrons. The van der Waals surface area contributed by atoms with Gasteiger partial charge in [0.15, 0.2) is 5.82 Å². The lowest BCUT2D eigenvalue weighted by Crippen LogP contribution is -2.19. The maximum Gasteiger partial charge on any atom is 0.318 e. The number of anilines is 3. The van der Waals surface area contributed by atoms with Crippen LogP contribution in [0.4, 0.5) is 17.2 Å². The second-order valence-electron chi connectivity index (χ2n) is 5.30. The van der Waals surface area contributed by atoms with E-state index in [4.69, 9.17) is 4.74 Å². The Morgan fingerprint density at radius 1 is 1.20 bits per heavy atom. The SMILES string of the molecule is COc1ncc(NS(=O)(=O)c2ccc(NC(C)=O)cc2)c(N(C)C)n1. The largest absolute Gasteiger partial charge is 0.467 e.